The van der Waals surface area contributed by atoms with Crippen molar-refractivity contribution < 1.29 is 71.3 Å². The van der Waals surface area contributed by atoms with Crippen LogP contribution in [0.15, 0.2) is 66.8 Å². The number of carbonyl (C=O) groups excluding carboxylic acids is 5. The van der Waals surface area contributed by atoms with Crippen LogP contribution in [0.3, 0.4) is 0 Å². The molecule has 4 fully saturated rings. The van der Waals surface area contributed by atoms with E-state index in [1.807, 2.05) is 0 Å². The van der Waals surface area contributed by atoms with Crippen molar-refractivity contribution in [3.8, 4) is 23.0 Å². The molecule has 19 heteroatoms. The van der Waals surface area contributed by atoms with Gasteiger partial charge in [0.15, 0.2) is 48.0 Å². The largest absolute Gasteiger partial charge is 0.493 e. The lowest BCUT2D eigenvalue weighted by Gasteiger charge is -2.39. The van der Waals surface area contributed by atoms with Crippen molar-refractivity contribution in [1.29, 1.82) is 0 Å². The number of anilines is 2. The molecule has 408 valence electrons. The highest BCUT2D eigenvalue weighted by molar-refractivity contribution is 6.07. The number of methoxy groups -OCH3 is 2. The molecule has 0 spiro atoms. The molecule has 0 radical (unpaired) electrons. The second kappa shape index (κ2) is 22.1. The van der Waals surface area contributed by atoms with Gasteiger partial charge in [-0.15, -0.1) is 0 Å². The molecule has 4 amide bonds. The van der Waals surface area contributed by atoms with E-state index >= 15 is 0 Å². The van der Waals surface area contributed by atoms with Crippen molar-refractivity contribution in [2.24, 2.45) is 0 Å². The summed E-state index contributed by atoms with van der Waals surface area (Å²) in [5, 5.41) is 0. The van der Waals surface area contributed by atoms with E-state index in [1.165, 1.54) is 24.0 Å². The summed E-state index contributed by atoms with van der Waals surface area (Å²) in [7, 11) is 2.91. The van der Waals surface area contributed by atoms with Crippen LogP contribution >= 0.6 is 0 Å². The summed E-state index contributed by atoms with van der Waals surface area (Å²) in [4.78, 5) is 76.8. The van der Waals surface area contributed by atoms with E-state index in [4.69, 9.17) is 47.4 Å². The molecule has 6 aliphatic rings. The smallest absolute Gasteiger partial charge is 0.417 e. The van der Waals surface area contributed by atoms with E-state index in [9.17, 15) is 24.0 Å². The van der Waals surface area contributed by atoms with Crippen LogP contribution in [0.5, 0.6) is 23.0 Å². The predicted octanol–water partition coefficient (Wildman–Crippen LogP) is 9.46. The van der Waals surface area contributed by atoms with E-state index in [-0.39, 0.29) is 83.6 Å². The average molecular weight is 1050 g/mol. The van der Waals surface area contributed by atoms with Crippen molar-refractivity contribution >= 4 is 41.7 Å². The summed E-state index contributed by atoms with van der Waals surface area (Å²) >= 11 is 0. The normalized spacial score (nSPS) is 23.7. The van der Waals surface area contributed by atoms with Gasteiger partial charge in [-0.05, 0) is 134 Å². The molecule has 6 aliphatic heterocycles. The molecule has 4 saturated heterocycles. The van der Waals surface area contributed by atoms with E-state index in [1.54, 1.807) is 93.8 Å². The molecule has 3 unspecified atom stereocenters. The fraction of sp³-hybridized carbons (Fsp3) is 0.526. The summed E-state index contributed by atoms with van der Waals surface area (Å²) in [5.41, 5.74) is 2.00. The van der Waals surface area contributed by atoms with Crippen LogP contribution in [0.1, 0.15) is 135 Å². The van der Waals surface area contributed by atoms with Gasteiger partial charge in [-0.2, -0.15) is 0 Å². The first-order chi connectivity index (χ1) is 36.2. The van der Waals surface area contributed by atoms with Gasteiger partial charge in [-0.25, -0.2) is 19.4 Å². The maximum atomic E-state index is 14.6. The second-order valence-corrected chi connectivity index (χ2v) is 22.1. The number of amides is 4. The quantitative estimate of drug-likeness (QED) is 0.116. The van der Waals surface area contributed by atoms with Crippen LogP contribution in [0.2, 0.25) is 0 Å². The number of carbonyl (C=O) groups is 5. The minimum absolute atomic E-state index is 0.0973. The Balaban J connectivity index is 1.03. The lowest BCUT2D eigenvalue weighted by atomic mass is 10.1. The minimum Gasteiger partial charge on any atom is -0.493 e. The number of nitrogens with zero attached hydrogens (tertiary/aromatic N) is 4. The number of hydrogen-bond acceptors (Lipinski definition) is 15. The molecule has 6 heterocycles. The van der Waals surface area contributed by atoms with Crippen molar-refractivity contribution in [1.82, 2.24) is 9.80 Å². The summed E-state index contributed by atoms with van der Waals surface area (Å²) in [6.45, 7) is 20.3. The average Bonchev–Trinajstić information content (AvgIpc) is 4.03. The number of rotatable bonds is 13. The van der Waals surface area contributed by atoms with Crippen LogP contribution in [-0.2, 0) is 41.6 Å². The zero-order valence-corrected chi connectivity index (χ0v) is 44.8. The van der Waals surface area contributed by atoms with Crippen LogP contribution in [0, 0.1) is 0 Å². The summed E-state index contributed by atoms with van der Waals surface area (Å²) in [6, 6.07) is 10.2. The molecule has 0 bridgehead atoms. The van der Waals surface area contributed by atoms with Crippen LogP contribution < -0.4 is 28.7 Å². The number of ether oxygens (including phenoxy) is 10. The van der Waals surface area contributed by atoms with Crippen LogP contribution in [0.25, 0.3) is 0 Å². The van der Waals surface area contributed by atoms with Gasteiger partial charge in [0, 0.05) is 44.0 Å². The van der Waals surface area contributed by atoms with Gasteiger partial charge in [-0.1, -0.05) is 24.3 Å². The van der Waals surface area contributed by atoms with E-state index in [0.717, 1.165) is 36.8 Å². The van der Waals surface area contributed by atoms with Crippen molar-refractivity contribution in [2.45, 2.75) is 154 Å². The van der Waals surface area contributed by atoms with Crippen molar-refractivity contribution in [3.63, 3.8) is 0 Å². The maximum Gasteiger partial charge on any atom is 0.417 e. The first-order valence-corrected chi connectivity index (χ1v) is 26.0. The van der Waals surface area contributed by atoms with E-state index in [2.05, 4.69) is 13.2 Å². The van der Waals surface area contributed by atoms with Crippen LogP contribution in [0.4, 0.5) is 21.0 Å². The Morgan fingerprint density at radius 1 is 0.618 bits per heavy atom. The van der Waals surface area contributed by atoms with Crippen molar-refractivity contribution in [3.05, 3.63) is 94.6 Å². The molecule has 0 saturated carbocycles. The van der Waals surface area contributed by atoms with Crippen LogP contribution in [-0.4, -0.2) is 129 Å². The molecule has 0 aliphatic carbocycles. The lowest BCUT2D eigenvalue weighted by Crippen LogP contribution is -2.54. The fourth-order valence-electron chi connectivity index (χ4n) is 10.5. The molecule has 0 aromatic heterocycles. The highest BCUT2D eigenvalue weighted by Crippen LogP contribution is 2.46. The Bertz CT molecular complexity index is 2570. The van der Waals surface area contributed by atoms with Gasteiger partial charge in [-0.3, -0.25) is 14.4 Å². The third-order valence-corrected chi connectivity index (χ3v) is 13.9. The minimum atomic E-state index is -1.02. The van der Waals surface area contributed by atoms with Crippen molar-refractivity contribution in [2.75, 3.05) is 50.3 Å². The summed E-state index contributed by atoms with van der Waals surface area (Å²) in [6.07, 6.45) is 1.45. The number of hydrogen-bond donors (Lipinski definition) is 0. The monoisotopic (exact) mass is 1050 g/mol. The SMILES string of the molecule is C=C1C[C@H]2C(OC3CCCCO3)N(C(=O)OC(C)(C)C)c3cc(OCc4cc(C=O)cc(COc5cc6c(cc5OC)C(=O)N5CC(=C)C[C@H]5[C@H](OC5CCCCO5)N6C(=O)OC(C)(C)C)c4)c(OC)cc3C(=O)N2C1. The zero-order chi connectivity index (χ0) is 54.2. The standard InChI is InChI=1S/C57H70N4O15/c1-33-19-42-52(73-48-15-11-13-17-69-48)60(54(65)75-56(3,4)5)40-26-46(44(67-9)24-38(40)50(63)58(42)28-33)71-31-36-21-35(30-62)22-37(23-36)32-72-47-27-41-39(25-45(47)68-10)51(64)59-29-34(2)20-43(59)53(74-49-16-12-14-18-70-49)61(41)55(66)76-57(6,7)8/h21-27,30,42-43,48-49,52-53H,1-2,11-20,28-29,31-32H2,3-10H3/t42-,43-,48?,49?,52-,53?/m0/s1. The first kappa shape index (κ1) is 54.1. The predicted molar refractivity (Wildman–Crippen MR) is 278 cm³/mol. The Hall–Kier alpha value is -6.67. The Labute approximate surface area is 443 Å². The third kappa shape index (κ3) is 11.7. The Morgan fingerprint density at radius 3 is 1.39 bits per heavy atom. The van der Waals surface area contributed by atoms with Gasteiger partial charge >= 0.3 is 12.2 Å². The molecule has 76 heavy (non-hydrogen) atoms. The fourth-order valence-corrected chi connectivity index (χ4v) is 10.5. The molecule has 3 aromatic carbocycles. The Kier molecular flexibility index (Phi) is 15.8. The van der Waals surface area contributed by atoms with Gasteiger partial charge in [0.25, 0.3) is 11.8 Å². The van der Waals surface area contributed by atoms with E-state index < -0.39 is 60.5 Å². The first-order valence-electron chi connectivity index (χ1n) is 26.0. The van der Waals surface area contributed by atoms with Gasteiger partial charge < -0.3 is 57.2 Å². The number of fused-ring (bicyclic) bond motifs is 4. The molecule has 3 aromatic rings. The highest BCUT2D eigenvalue weighted by Gasteiger charge is 2.51. The highest BCUT2D eigenvalue weighted by atomic mass is 16.7. The molecular weight excluding hydrogens is 981 g/mol. The van der Waals surface area contributed by atoms with Gasteiger partial charge in [0.1, 0.15) is 30.7 Å². The molecular formula is C57H70N4O15. The maximum absolute atomic E-state index is 14.6. The molecule has 6 atom stereocenters. The molecule has 0 N–H and O–H groups in total. The number of aldehydes is 1. The third-order valence-electron chi connectivity index (χ3n) is 13.9. The summed E-state index contributed by atoms with van der Waals surface area (Å²) < 4.78 is 62.1. The summed E-state index contributed by atoms with van der Waals surface area (Å²) in [5.74, 6) is 0.123. The number of benzene rings is 3. The second-order valence-electron chi connectivity index (χ2n) is 22.1. The molecule has 19 nitrogen and oxygen atoms in total. The Morgan fingerprint density at radius 2 is 1.04 bits per heavy atom. The topological polar surface area (TPSA) is 191 Å². The zero-order valence-electron chi connectivity index (χ0n) is 44.8. The molecule has 9 rings (SSSR count). The van der Waals surface area contributed by atoms with E-state index in [0.29, 0.717) is 61.9 Å². The lowest BCUT2D eigenvalue weighted by molar-refractivity contribution is -0.196. The van der Waals surface area contributed by atoms with Gasteiger partial charge in [0.05, 0.1) is 48.8 Å². The van der Waals surface area contributed by atoms with Gasteiger partial charge in [0.2, 0.25) is 0 Å².